The molecule has 3 aliphatic heterocycles. The summed E-state index contributed by atoms with van der Waals surface area (Å²) >= 11 is 0. The van der Waals surface area contributed by atoms with Crippen LogP contribution >= 0.6 is 0 Å². The van der Waals surface area contributed by atoms with Gasteiger partial charge in [-0.1, -0.05) is 30.3 Å². The fourth-order valence-corrected chi connectivity index (χ4v) is 5.16. The Balaban J connectivity index is 1.50. The molecule has 1 amide bonds. The molecular weight excluding hydrogens is 396 g/mol. The molecule has 0 radical (unpaired) electrons. The molecular formula is C23H20N4O4. The summed E-state index contributed by atoms with van der Waals surface area (Å²) in [6.45, 7) is 3.63. The van der Waals surface area contributed by atoms with Crippen molar-refractivity contribution in [1.29, 1.82) is 0 Å². The summed E-state index contributed by atoms with van der Waals surface area (Å²) in [5, 5.41) is 3.80. The molecule has 3 aliphatic rings. The van der Waals surface area contributed by atoms with Crippen molar-refractivity contribution in [3.8, 4) is 0 Å². The van der Waals surface area contributed by atoms with E-state index in [9.17, 15) is 14.4 Å². The second-order valence-corrected chi connectivity index (χ2v) is 8.87. The molecule has 2 fully saturated rings. The number of amides is 1. The summed E-state index contributed by atoms with van der Waals surface area (Å²) < 4.78 is 7.40. The van der Waals surface area contributed by atoms with Crippen LogP contribution in [-0.4, -0.2) is 33.1 Å². The number of hydrogen-bond acceptors (Lipinski definition) is 6. The lowest BCUT2D eigenvalue weighted by Crippen LogP contribution is -2.50. The van der Waals surface area contributed by atoms with Gasteiger partial charge in [0, 0.05) is 12.0 Å². The fourth-order valence-electron chi connectivity index (χ4n) is 5.16. The summed E-state index contributed by atoms with van der Waals surface area (Å²) in [4.78, 5) is 45.4. The van der Waals surface area contributed by atoms with Gasteiger partial charge in [-0.05, 0) is 32.0 Å². The number of benzene rings is 2. The Morgan fingerprint density at radius 1 is 1.06 bits per heavy atom. The molecule has 3 atom stereocenters. The van der Waals surface area contributed by atoms with Gasteiger partial charge in [0.05, 0.1) is 28.5 Å². The number of anilines is 1. The Labute approximate surface area is 177 Å². The topological polar surface area (TPSA) is 93.5 Å². The van der Waals surface area contributed by atoms with Gasteiger partial charge in [0.1, 0.15) is 12.2 Å². The number of ether oxygens (including phenoxy) is 1. The number of aromatic nitrogens is 2. The predicted octanol–water partition coefficient (Wildman–Crippen LogP) is 1.83. The monoisotopic (exact) mass is 416 g/mol. The maximum Gasteiger partial charge on any atom is 0.330 e. The average Bonchev–Trinajstić information content (AvgIpc) is 3.32. The van der Waals surface area contributed by atoms with Crippen LogP contribution in [0.3, 0.4) is 0 Å². The molecule has 0 bridgehead atoms. The van der Waals surface area contributed by atoms with Gasteiger partial charge in [-0.25, -0.2) is 9.78 Å². The number of nitrogens with one attached hydrogen (secondary N) is 1. The maximum atomic E-state index is 13.1. The molecule has 1 spiro atoms. The van der Waals surface area contributed by atoms with Gasteiger partial charge in [0.25, 0.3) is 5.56 Å². The lowest BCUT2D eigenvalue weighted by Gasteiger charge is -2.30. The summed E-state index contributed by atoms with van der Waals surface area (Å²) in [6.07, 6.45) is 1.09. The first-order valence-corrected chi connectivity index (χ1v) is 10.2. The fraction of sp³-hybridized carbons (Fsp3) is 0.304. The highest BCUT2D eigenvalue weighted by Gasteiger charge is 2.66. The zero-order valence-electron chi connectivity index (χ0n) is 17.0. The van der Waals surface area contributed by atoms with E-state index in [4.69, 9.17) is 4.74 Å². The van der Waals surface area contributed by atoms with E-state index >= 15 is 0 Å². The van der Waals surface area contributed by atoms with Gasteiger partial charge in [-0.3, -0.25) is 24.4 Å². The van der Waals surface area contributed by atoms with Crippen molar-refractivity contribution >= 4 is 28.5 Å². The standard InChI is InChI=1S/C23H20N4O4/c1-22(2)21(30)27-16-10-6-4-8-14(16)23(20(27)25-22)11-17(19(29)31-23)26-12-24-15-9-5-3-7-13(15)18(26)28/h3-10,12,17,20,25H,11H2,1-2H3/t17-,20-,23+/m1/s1. The van der Waals surface area contributed by atoms with Crippen molar-refractivity contribution in [2.75, 3.05) is 4.90 Å². The van der Waals surface area contributed by atoms with E-state index in [2.05, 4.69) is 10.3 Å². The Morgan fingerprint density at radius 3 is 2.65 bits per heavy atom. The SMILES string of the molecule is CC1(C)N[C@@H]2N(C1=O)c1ccccc1[C@@]21C[C@@H](n2cnc3ccccc3c2=O)C(=O)O1. The molecule has 1 aromatic heterocycles. The molecule has 31 heavy (non-hydrogen) atoms. The number of rotatable bonds is 1. The first-order valence-electron chi connectivity index (χ1n) is 10.2. The molecule has 0 unspecified atom stereocenters. The number of esters is 1. The van der Waals surface area contributed by atoms with Crippen LogP contribution in [0.2, 0.25) is 0 Å². The third kappa shape index (κ3) is 2.22. The molecule has 6 rings (SSSR count). The van der Waals surface area contributed by atoms with Crippen molar-refractivity contribution in [3.05, 3.63) is 70.8 Å². The Bertz CT molecular complexity index is 1350. The van der Waals surface area contributed by atoms with Gasteiger partial charge in [0.15, 0.2) is 5.60 Å². The summed E-state index contributed by atoms with van der Waals surface area (Å²) in [6, 6.07) is 13.7. The summed E-state index contributed by atoms with van der Waals surface area (Å²) in [5.41, 5.74) is -0.0817. The molecule has 0 aliphatic carbocycles. The number of nitrogens with zero attached hydrogens (tertiary/aromatic N) is 3. The lowest BCUT2D eigenvalue weighted by molar-refractivity contribution is -0.152. The minimum absolute atomic E-state index is 0.0779. The van der Waals surface area contributed by atoms with Crippen LogP contribution in [0.5, 0.6) is 0 Å². The first kappa shape index (κ1) is 18.3. The Hall–Kier alpha value is -3.52. The molecule has 2 saturated heterocycles. The largest absolute Gasteiger partial charge is 0.449 e. The summed E-state index contributed by atoms with van der Waals surface area (Å²) in [7, 11) is 0. The summed E-state index contributed by atoms with van der Waals surface area (Å²) in [5.74, 6) is -0.583. The molecule has 0 saturated carbocycles. The Kier molecular flexibility index (Phi) is 3.41. The van der Waals surface area contributed by atoms with Gasteiger partial charge in [-0.15, -0.1) is 0 Å². The quantitative estimate of drug-likeness (QED) is 0.609. The number of fused-ring (bicyclic) bond motifs is 6. The second-order valence-electron chi connectivity index (χ2n) is 8.87. The molecule has 2 aromatic carbocycles. The van der Waals surface area contributed by atoms with Crippen LogP contribution in [0.4, 0.5) is 5.69 Å². The minimum atomic E-state index is -1.08. The zero-order valence-corrected chi connectivity index (χ0v) is 17.0. The third-order valence-corrected chi connectivity index (χ3v) is 6.65. The highest BCUT2D eigenvalue weighted by molar-refractivity contribution is 6.05. The van der Waals surface area contributed by atoms with Gasteiger partial charge < -0.3 is 4.74 Å². The predicted molar refractivity (Wildman–Crippen MR) is 112 cm³/mol. The number of carbonyl (C=O) groups is 2. The molecule has 1 N–H and O–H groups in total. The van der Waals surface area contributed by atoms with Gasteiger partial charge >= 0.3 is 5.97 Å². The maximum absolute atomic E-state index is 13.1. The highest BCUT2D eigenvalue weighted by atomic mass is 16.6. The van der Waals surface area contributed by atoms with Crippen LogP contribution in [0.25, 0.3) is 10.9 Å². The van der Waals surface area contributed by atoms with Gasteiger partial charge in [0.2, 0.25) is 5.91 Å². The number of carbonyl (C=O) groups excluding carboxylic acids is 2. The van der Waals surface area contributed by atoms with Crippen LogP contribution in [-0.2, 0) is 19.9 Å². The number of para-hydroxylation sites is 2. The normalized spacial score (nSPS) is 28.3. The van der Waals surface area contributed by atoms with Crippen molar-refractivity contribution in [2.24, 2.45) is 0 Å². The van der Waals surface area contributed by atoms with Crippen LogP contribution < -0.4 is 15.8 Å². The number of hydrogen-bond donors (Lipinski definition) is 1. The average molecular weight is 416 g/mol. The minimum Gasteiger partial charge on any atom is -0.449 e. The molecule has 156 valence electrons. The highest BCUT2D eigenvalue weighted by Crippen LogP contribution is 2.55. The zero-order chi connectivity index (χ0) is 21.5. The van der Waals surface area contributed by atoms with E-state index in [0.29, 0.717) is 10.9 Å². The smallest absolute Gasteiger partial charge is 0.330 e. The third-order valence-electron chi connectivity index (χ3n) is 6.65. The van der Waals surface area contributed by atoms with Gasteiger partial charge in [-0.2, -0.15) is 0 Å². The van der Waals surface area contributed by atoms with E-state index in [1.54, 1.807) is 23.1 Å². The van der Waals surface area contributed by atoms with E-state index in [1.807, 2.05) is 44.2 Å². The molecule has 3 aromatic rings. The lowest BCUT2D eigenvalue weighted by atomic mass is 9.88. The van der Waals surface area contributed by atoms with Crippen LogP contribution in [0.15, 0.2) is 59.7 Å². The van der Waals surface area contributed by atoms with Crippen molar-refractivity contribution in [1.82, 2.24) is 14.9 Å². The van der Waals surface area contributed by atoms with E-state index in [-0.39, 0.29) is 17.9 Å². The van der Waals surface area contributed by atoms with Crippen molar-refractivity contribution in [3.63, 3.8) is 0 Å². The second kappa shape index (κ2) is 5.79. The molecule has 8 nitrogen and oxygen atoms in total. The van der Waals surface area contributed by atoms with E-state index < -0.39 is 29.3 Å². The van der Waals surface area contributed by atoms with Crippen LogP contribution in [0, 0.1) is 0 Å². The van der Waals surface area contributed by atoms with E-state index in [1.165, 1.54) is 10.9 Å². The molecule has 4 heterocycles. The Morgan fingerprint density at radius 2 is 1.81 bits per heavy atom. The molecule has 8 heteroatoms. The van der Waals surface area contributed by atoms with E-state index in [0.717, 1.165) is 11.3 Å². The van der Waals surface area contributed by atoms with Crippen LogP contribution in [0.1, 0.15) is 31.9 Å². The van der Waals surface area contributed by atoms with Crippen molar-refractivity contribution in [2.45, 2.75) is 43.6 Å². The first-order chi connectivity index (χ1) is 14.8. The van der Waals surface area contributed by atoms with Crippen molar-refractivity contribution < 1.29 is 14.3 Å².